The van der Waals surface area contributed by atoms with E-state index in [-0.39, 0.29) is 10.8 Å². The van der Waals surface area contributed by atoms with Gasteiger partial charge in [-0.1, -0.05) is 227 Å². The molecule has 0 aliphatic heterocycles. The number of rotatable bonds is 20. The maximum absolute atomic E-state index is 4.01. The third kappa shape index (κ3) is 12.4. The van der Waals surface area contributed by atoms with Gasteiger partial charge in [0, 0.05) is 67.0 Å². The minimum Gasteiger partial charge on any atom is -0.310 e. The van der Waals surface area contributed by atoms with Crippen molar-refractivity contribution in [3.05, 3.63) is 348 Å². The fourth-order valence-electron chi connectivity index (χ4n) is 23.2. The predicted octanol–water partition coefficient (Wildman–Crippen LogP) is 28.7. The van der Waals surface area contributed by atoms with Crippen LogP contribution in [0.3, 0.4) is 0 Å². The molecule has 2 heterocycles. The molecule has 110 heavy (non-hydrogen) atoms. The van der Waals surface area contributed by atoms with Gasteiger partial charge < -0.3 is 18.9 Å². The molecule has 548 valence electrons. The average Bonchev–Trinajstić information content (AvgIpc) is 1.01. The van der Waals surface area contributed by atoms with Crippen molar-refractivity contribution in [2.24, 2.45) is 23.7 Å². The minimum absolute atomic E-state index is 0.249. The van der Waals surface area contributed by atoms with E-state index >= 15 is 0 Å². The van der Waals surface area contributed by atoms with Crippen molar-refractivity contribution in [2.45, 2.75) is 165 Å². The van der Waals surface area contributed by atoms with Crippen LogP contribution in [0.2, 0.25) is 0 Å². The maximum Gasteiger partial charge on any atom is 0.0561 e. The number of nitrogens with zero attached hydrogens (tertiary/aromatic N) is 4. The van der Waals surface area contributed by atoms with Gasteiger partial charge in [-0.05, 0) is 322 Å². The molecule has 22 rings (SSSR count). The monoisotopic (exact) mass is 1430 g/mol. The fraction of sp³-hybridized carbons (Fsp3) is 0.283. The van der Waals surface area contributed by atoms with Crippen molar-refractivity contribution in [2.75, 3.05) is 9.80 Å². The molecule has 8 aliphatic carbocycles. The molecule has 12 aromatic carbocycles. The highest BCUT2D eigenvalue weighted by atomic mass is 15.2. The zero-order chi connectivity index (χ0) is 74.3. The number of fused-ring (bicyclic) bond motifs is 6. The molecule has 8 fully saturated rings. The number of benzene rings is 12. The number of anilines is 6. The third-order valence-electron chi connectivity index (χ3n) is 27.6. The van der Waals surface area contributed by atoms with Gasteiger partial charge in [0.25, 0.3) is 0 Å². The SMILES string of the molecule is C=Cc1ccc(C23CC4CC(C2)CC(c2ccc(N(c5ccc(CCCC)cc5)c5ccc6c(c5)c5ccccc5n6-c5ccc(C)cc5)cc2)(C4)C3)cc1.C=Cc1ccc(C23CC4CC(C2)CC(c2ccc(N(c5ccc(CCCC)cc5)c5ccc6c7ccccc7n(-c7ccc(C)cc7)c6c5)cc2)(C4)C3)cc1. The first-order valence-electron chi connectivity index (χ1n) is 41.5. The van der Waals surface area contributed by atoms with Crippen LogP contribution >= 0.6 is 0 Å². The largest absolute Gasteiger partial charge is 0.310 e. The zero-order valence-electron chi connectivity index (χ0n) is 65.0. The molecule has 0 amide bonds. The van der Waals surface area contributed by atoms with Gasteiger partial charge in [0.05, 0.1) is 22.1 Å². The second kappa shape index (κ2) is 28.3. The normalized spacial score (nSPS) is 22.7. The Bertz CT molecular complexity index is 5680. The quantitative estimate of drug-likeness (QED) is 0.0756. The van der Waals surface area contributed by atoms with Gasteiger partial charge in [-0.25, -0.2) is 0 Å². The van der Waals surface area contributed by atoms with E-state index in [4.69, 9.17) is 0 Å². The minimum atomic E-state index is 0.249. The molecular weight excluding hydrogens is 1330 g/mol. The second-order valence-electron chi connectivity index (χ2n) is 34.8. The summed E-state index contributed by atoms with van der Waals surface area (Å²) in [5.74, 6) is 3.26. The summed E-state index contributed by atoms with van der Waals surface area (Å²) < 4.78 is 4.86. The third-order valence-corrected chi connectivity index (χ3v) is 27.6. The van der Waals surface area contributed by atoms with Crippen molar-refractivity contribution in [3.63, 3.8) is 0 Å². The summed E-state index contributed by atoms with van der Waals surface area (Å²) in [6, 6.07) is 107. The standard InChI is InChI=1S/2C53H52N2/c1-4-6-9-39-16-24-44(25-17-39)54(47-28-29-51-49(31-47)48-10-7-8-11-50(48)55(51)46-22-12-37(3)13-23-46)45-26-20-43(21-27-45)53-34-40-30-41(35-53)33-52(32-40,36-53)42-18-14-38(5-2)15-19-42;1-4-6-9-39-16-24-44(25-17-39)54(47-28-29-49-48-10-7-8-11-50(48)55(51(49)31-47)46-22-12-37(3)13-23-46)45-26-20-43(21-27-45)53-34-40-30-41(35-53)33-52(32-40,36-53)42-18-14-38(5-2)15-19-42/h2*5,7-8,10-29,31,40-41H,2,4,6,9,30,32-36H2,1,3H3. The lowest BCUT2D eigenvalue weighted by Crippen LogP contribution is -2.55. The summed E-state index contributed by atoms with van der Waals surface area (Å²) in [6.07, 6.45) is 27.1. The number of hydrogen-bond donors (Lipinski definition) is 0. The molecule has 0 radical (unpaired) electrons. The van der Waals surface area contributed by atoms with Crippen LogP contribution in [0.15, 0.2) is 292 Å². The van der Waals surface area contributed by atoms with Crippen molar-refractivity contribution < 1.29 is 0 Å². The number of unbranched alkanes of at least 4 members (excludes halogenated alkanes) is 2. The highest BCUT2D eigenvalue weighted by molar-refractivity contribution is 6.12. The van der Waals surface area contributed by atoms with Gasteiger partial charge in [0.15, 0.2) is 0 Å². The predicted molar refractivity (Wildman–Crippen MR) is 467 cm³/mol. The van der Waals surface area contributed by atoms with E-state index < -0.39 is 0 Å². The molecule has 4 unspecified atom stereocenters. The molecule has 2 aromatic heterocycles. The Labute approximate surface area is 652 Å². The maximum atomic E-state index is 4.01. The Hall–Kier alpha value is -10.7. The summed E-state index contributed by atoms with van der Waals surface area (Å²) in [6.45, 7) is 16.9. The summed E-state index contributed by atoms with van der Waals surface area (Å²) in [5.41, 5.74) is 29.6. The molecule has 8 saturated carbocycles. The first-order valence-corrected chi connectivity index (χ1v) is 41.5. The fourth-order valence-corrected chi connectivity index (χ4v) is 23.2. The van der Waals surface area contributed by atoms with Gasteiger partial charge in [0.1, 0.15) is 0 Å². The van der Waals surface area contributed by atoms with E-state index in [1.165, 1.54) is 225 Å². The lowest BCUT2D eigenvalue weighted by molar-refractivity contribution is -0.0282. The van der Waals surface area contributed by atoms with E-state index in [1.807, 2.05) is 12.2 Å². The number of para-hydroxylation sites is 2. The molecule has 0 spiro atoms. The van der Waals surface area contributed by atoms with E-state index in [1.54, 1.807) is 22.3 Å². The highest BCUT2D eigenvalue weighted by Crippen LogP contribution is 2.68. The number of aromatic nitrogens is 2. The Morgan fingerprint density at radius 3 is 1.04 bits per heavy atom. The lowest BCUT2D eigenvalue weighted by atomic mass is 9.41. The summed E-state index contributed by atoms with van der Waals surface area (Å²) in [5, 5.41) is 5.11. The van der Waals surface area contributed by atoms with Crippen LogP contribution in [0.25, 0.3) is 67.1 Å². The van der Waals surface area contributed by atoms with Gasteiger partial charge in [-0.2, -0.15) is 0 Å². The van der Waals surface area contributed by atoms with Crippen LogP contribution in [0, 0.1) is 37.5 Å². The molecular formula is C106H104N4. The van der Waals surface area contributed by atoms with Gasteiger partial charge in [-0.15, -0.1) is 0 Å². The van der Waals surface area contributed by atoms with Crippen LogP contribution < -0.4 is 9.80 Å². The number of aryl methyl sites for hydroxylation is 4. The van der Waals surface area contributed by atoms with Crippen LogP contribution in [0.4, 0.5) is 34.1 Å². The van der Waals surface area contributed by atoms with Crippen LogP contribution in [-0.2, 0) is 34.5 Å². The first kappa shape index (κ1) is 69.8. The topological polar surface area (TPSA) is 16.3 Å². The molecule has 4 atom stereocenters. The van der Waals surface area contributed by atoms with Gasteiger partial charge >= 0.3 is 0 Å². The molecule has 0 N–H and O–H groups in total. The first-order chi connectivity index (χ1) is 53.9. The molecule has 14 aromatic rings. The number of hydrogen-bond acceptors (Lipinski definition) is 2. The Morgan fingerprint density at radius 1 is 0.327 bits per heavy atom. The van der Waals surface area contributed by atoms with Gasteiger partial charge in [0.2, 0.25) is 0 Å². The molecule has 8 bridgehead atoms. The van der Waals surface area contributed by atoms with Crippen molar-refractivity contribution in [1.82, 2.24) is 9.13 Å². The molecule has 0 saturated heterocycles. The second-order valence-corrected chi connectivity index (χ2v) is 34.8. The Kier molecular flexibility index (Phi) is 18.0. The summed E-state index contributed by atoms with van der Waals surface area (Å²) >= 11 is 0. The molecule has 4 nitrogen and oxygen atoms in total. The van der Waals surface area contributed by atoms with Crippen molar-refractivity contribution in [3.8, 4) is 11.4 Å². The van der Waals surface area contributed by atoms with Crippen LogP contribution in [-0.4, -0.2) is 9.13 Å². The lowest BCUT2D eigenvalue weighted by Gasteiger charge is -2.63. The van der Waals surface area contributed by atoms with E-state index in [0.717, 1.165) is 36.5 Å². The molecule has 8 aliphatic rings. The Balaban J connectivity index is 0.000000149. The van der Waals surface area contributed by atoms with Crippen molar-refractivity contribution in [1.29, 1.82) is 0 Å². The van der Waals surface area contributed by atoms with Crippen LogP contribution in [0.1, 0.15) is 172 Å². The van der Waals surface area contributed by atoms with E-state index in [9.17, 15) is 0 Å². The molecule has 4 heteroatoms. The average molecular weight is 1430 g/mol. The van der Waals surface area contributed by atoms with Gasteiger partial charge in [-0.3, -0.25) is 0 Å². The van der Waals surface area contributed by atoms with E-state index in [0.29, 0.717) is 10.8 Å². The summed E-state index contributed by atoms with van der Waals surface area (Å²) in [4.78, 5) is 4.96. The van der Waals surface area contributed by atoms with Crippen LogP contribution in [0.5, 0.6) is 0 Å². The summed E-state index contributed by atoms with van der Waals surface area (Å²) in [7, 11) is 0. The smallest absolute Gasteiger partial charge is 0.0561 e. The zero-order valence-corrected chi connectivity index (χ0v) is 65.0. The Morgan fingerprint density at radius 2 is 0.645 bits per heavy atom. The highest BCUT2D eigenvalue weighted by Gasteiger charge is 2.60. The van der Waals surface area contributed by atoms with Crippen molar-refractivity contribution >= 4 is 89.9 Å². The van der Waals surface area contributed by atoms with E-state index in [2.05, 4.69) is 339 Å².